The van der Waals surface area contributed by atoms with Crippen LogP contribution in [0.15, 0.2) is 53.4 Å². The van der Waals surface area contributed by atoms with E-state index in [0.29, 0.717) is 31.5 Å². The fraction of sp³-hybridized carbons (Fsp3) is 0.278. The summed E-state index contributed by atoms with van der Waals surface area (Å²) in [5.74, 6) is -0.0372. The van der Waals surface area contributed by atoms with Gasteiger partial charge in [-0.3, -0.25) is 4.79 Å². The first-order valence-corrected chi connectivity index (χ1v) is 10.4. The molecule has 3 rings (SSSR count). The summed E-state index contributed by atoms with van der Waals surface area (Å²) in [5, 5.41) is 0.205. The number of sulfonamides is 1. The third-order valence-corrected chi connectivity index (χ3v) is 6.82. The molecule has 5 nitrogen and oxygen atoms in total. The van der Waals surface area contributed by atoms with Gasteiger partial charge in [-0.2, -0.15) is 0 Å². The predicted octanol–water partition coefficient (Wildman–Crippen LogP) is 3.58. The molecule has 1 aliphatic heterocycles. The minimum absolute atomic E-state index is 0.0124. The Hall–Kier alpha value is -1.60. The molecule has 2 aromatic rings. The Balaban J connectivity index is 1.63. The first kappa shape index (κ1) is 19.2. The molecule has 26 heavy (non-hydrogen) atoms. The van der Waals surface area contributed by atoms with E-state index >= 15 is 0 Å². The van der Waals surface area contributed by atoms with E-state index in [1.165, 1.54) is 12.1 Å². The van der Waals surface area contributed by atoms with Crippen LogP contribution >= 0.6 is 23.2 Å². The van der Waals surface area contributed by atoms with Crippen molar-refractivity contribution in [2.45, 2.75) is 23.8 Å². The van der Waals surface area contributed by atoms with Crippen LogP contribution in [0.3, 0.4) is 0 Å². The van der Waals surface area contributed by atoms with Gasteiger partial charge in [-0.15, -0.1) is 0 Å². The summed E-state index contributed by atoms with van der Waals surface area (Å²) in [6.07, 6.45) is 1.08. The molecule has 2 aromatic carbocycles. The van der Waals surface area contributed by atoms with Gasteiger partial charge in [0.15, 0.2) is 0 Å². The summed E-state index contributed by atoms with van der Waals surface area (Å²) < 4.78 is 27.8. The van der Waals surface area contributed by atoms with Crippen molar-refractivity contribution in [2.75, 3.05) is 13.1 Å². The fourth-order valence-corrected chi connectivity index (χ4v) is 5.00. The predicted molar refractivity (Wildman–Crippen MR) is 102 cm³/mol. The van der Waals surface area contributed by atoms with Crippen LogP contribution in [0.4, 0.5) is 0 Å². The highest BCUT2D eigenvalue weighted by Crippen LogP contribution is 2.29. The molecular formula is C18H18Cl2N2O3S. The molecule has 0 atom stereocenters. The first-order valence-electron chi connectivity index (χ1n) is 8.19. The van der Waals surface area contributed by atoms with E-state index in [1.807, 2.05) is 18.2 Å². The number of amides is 1. The van der Waals surface area contributed by atoms with Gasteiger partial charge in [-0.25, -0.2) is 13.1 Å². The molecule has 0 bridgehead atoms. The molecule has 1 amide bonds. The molecule has 0 aromatic heterocycles. The fourth-order valence-electron chi connectivity index (χ4n) is 2.94. The van der Waals surface area contributed by atoms with Crippen LogP contribution in [0.5, 0.6) is 0 Å². The molecule has 1 N–H and O–H groups in total. The second-order valence-corrected chi connectivity index (χ2v) is 8.57. The Morgan fingerprint density at radius 2 is 1.65 bits per heavy atom. The van der Waals surface area contributed by atoms with E-state index in [9.17, 15) is 13.2 Å². The van der Waals surface area contributed by atoms with Crippen LogP contribution in [0.2, 0.25) is 10.0 Å². The Bertz CT molecular complexity index is 896. The average molecular weight is 413 g/mol. The largest absolute Gasteiger partial charge is 0.339 e. The average Bonchev–Trinajstić information content (AvgIpc) is 2.64. The van der Waals surface area contributed by atoms with Crippen LogP contribution < -0.4 is 4.72 Å². The molecule has 1 aliphatic rings. The lowest BCUT2D eigenvalue weighted by molar-refractivity contribution is 0.0711. The number of nitrogens with one attached hydrogen (secondary N) is 1. The van der Waals surface area contributed by atoms with Crippen molar-refractivity contribution < 1.29 is 13.2 Å². The maximum Gasteiger partial charge on any atom is 0.253 e. The first-order chi connectivity index (χ1) is 12.4. The lowest BCUT2D eigenvalue weighted by atomic mass is 10.0. The summed E-state index contributed by atoms with van der Waals surface area (Å²) in [7, 11) is -3.77. The Morgan fingerprint density at radius 3 is 2.31 bits per heavy atom. The standard InChI is InChI=1S/C18H18Cl2N2O3S/c19-15-7-4-8-16(17(15)20)26(24,25)21-14-9-11-22(12-10-14)18(23)13-5-2-1-3-6-13/h1-8,14,21H,9-12H2. The van der Waals surface area contributed by atoms with Gasteiger partial charge in [0.2, 0.25) is 10.0 Å². The van der Waals surface area contributed by atoms with Gasteiger partial charge in [0, 0.05) is 24.7 Å². The van der Waals surface area contributed by atoms with Crippen molar-refractivity contribution in [3.63, 3.8) is 0 Å². The van der Waals surface area contributed by atoms with E-state index in [0.717, 1.165) is 0 Å². The molecule has 138 valence electrons. The van der Waals surface area contributed by atoms with E-state index in [2.05, 4.69) is 4.72 Å². The molecule has 0 radical (unpaired) electrons. The van der Waals surface area contributed by atoms with Crippen LogP contribution in [-0.4, -0.2) is 38.4 Å². The lowest BCUT2D eigenvalue weighted by Crippen LogP contribution is -2.46. The minimum atomic E-state index is -3.77. The van der Waals surface area contributed by atoms with E-state index in [1.54, 1.807) is 23.1 Å². The van der Waals surface area contributed by atoms with Crippen LogP contribution in [0.25, 0.3) is 0 Å². The molecule has 1 fully saturated rings. The quantitative estimate of drug-likeness (QED) is 0.834. The number of halogens is 2. The van der Waals surface area contributed by atoms with Gasteiger partial charge < -0.3 is 4.90 Å². The topological polar surface area (TPSA) is 66.5 Å². The van der Waals surface area contributed by atoms with Crippen molar-refractivity contribution in [1.29, 1.82) is 0 Å². The molecular weight excluding hydrogens is 395 g/mol. The maximum absolute atomic E-state index is 12.6. The number of likely N-dealkylation sites (tertiary alicyclic amines) is 1. The molecule has 1 saturated heterocycles. The number of benzene rings is 2. The molecule has 0 saturated carbocycles. The van der Waals surface area contributed by atoms with Crippen LogP contribution in [0.1, 0.15) is 23.2 Å². The van der Waals surface area contributed by atoms with Crippen molar-refractivity contribution in [3.05, 3.63) is 64.1 Å². The Kier molecular flexibility index (Phi) is 5.87. The SMILES string of the molecule is O=C(c1ccccc1)N1CCC(NS(=O)(=O)c2cccc(Cl)c2Cl)CC1. The number of hydrogen-bond donors (Lipinski definition) is 1. The zero-order valence-electron chi connectivity index (χ0n) is 13.9. The summed E-state index contributed by atoms with van der Waals surface area (Å²) in [4.78, 5) is 14.2. The Labute approximate surface area is 163 Å². The highest BCUT2D eigenvalue weighted by atomic mass is 35.5. The number of nitrogens with zero attached hydrogens (tertiary/aromatic N) is 1. The third-order valence-electron chi connectivity index (χ3n) is 4.33. The van der Waals surface area contributed by atoms with Crippen molar-refractivity contribution in [1.82, 2.24) is 9.62 Å². The highest BCUT2D eigenvalue weighted by molar-refractivity contribution is 7.89. The van der Waals surface area contributed by atoms with Gasteiger partial charge in [0.05, 0.1) is 10.0 Å². The van der Waals surface area contributed by atoms with Gasteiger partial charge in [-0.05, 0) is 37.1 Å². The zero-order chi connectivity index (χ0) is 18.7. The summed E-state index contributed by atoms with van der Waals surface area (Å²) in [6, 6.07) is 13.3. The summed E-state index contributed by atoms with van der Waals surface area (Å²) >= 11 is 11.9. The minimum Gasteiger partial charge on any atom is -0.339 e. The third kappa shape index (κ3) is 4.20. The van der Waals surface area contributed by atoms with Crippen molar-refractivity contribution >= 4 is 39.1 Å². The van der Waals surface area contributed by atoms with Gasteiger partial charge in [-0.1, -0.05) is 47.5 Å². The van der Waals surface area contributed by atoms with Gasteiger partial charge in [0.25, 0.3) is 5.91 Å². The van der Waals surface area contributed by atoms with E-state index in [-0.39, 0.29) is 26.9 Å². The highest BCUT2D eigenvalue weighted by Gasteiger charge is 2.28. The van der Waals surface area contributed by atoms with E-state index in [4.69, 9.17) is 23.2 Å². The van der Waals surface area contributed by atoms with Crippen molar-refractivity contribution in [2.24, 2.45) is 0 Å². The molecule has 8 heteroatoms. The number of rotatable bonds is 4. The second-order valence-electron chi connectivity index (χ2n) is 6.11. The van der Waals surface area contributed by atoms with E-state index < -0.39 is 10.0 Å². The number of hydrogen-bond acceptors (Lipinski definition) is 3. The molecule has 0 unspecified atom stereocenters. The summed E-state index contributed by atoms with van der Waals surface area (Å²) in [6.45, 7) is 0.981. The van der Waals surface area contributed by atoms with Gasteiger partial charge in [0.1, 0.15) is 4.90 Å². The monoisotopic (exact) mass is 412 g/mol. The zero-order valence-corrected chi connectivity index (χ0v) is 16.2. The summed E-state index contributed by atoms with van der Waals surface area (Å²) in [5.41, 5.74) is 0.636. The van der Waals surface area contributed by atoms with Gasteiger partial charge >= 0.3 is 0 Å². The second kappa shape index (κ2) is 7.96. The normalized spacial score (nSPS) is 15.8. The van der Waals surface area contributed by atoms with Crippen LogP contribution in [0, 0.1) is 0 Å². The number of piperidine rings is 1. The maximum atomic E-state index is 12.6. The van der Waals surface area contributed by atoms with Crippen molar-refractivity contribution in [3.8, 4) is 0 Å². The number of carbonyl (C=O) groups excluding carboxylic acids is 1. The molecule has 0 spiro atoms. The molecule has 1 heterocycles. The number of carbonyl (C=O) groups is 1. The Morgan fingerprint density at radius 1 is 1.00 bits per heavy atom. The molecule has 0 aliphatic carbocycles. The lowest BCUT2D eigenvalue weighted by Gasteiger charge is -2.32. The smallest absolute Gasteiger partial charge is 0.253 e. The van der Waals surface area contributed by atoms with Crippen LogP contribution in [-0.2, 0) is 10.0 Å².